The van der Waals surface area contributed by atoms with E-state index in [4.69, 9.17) is 4.74 Å². The Balaban J connectivity index is 1.55. The predicted molar refractivity (Wildman–Crippen MR) is 86.1 cm³/mol. The van der Waals surface area contributed by atoms with Crippen LogP contribution in [0.5, 0.6) is 5.75 Å². The Hall–Kier alpha value is -1.24. The first-order valence-corrected chi connectivity index (χ1v) is 8.24. The first kappa shape index (κ1) is 15.2. The standard InChI is InChI=1S/C19H28O/c1-2-8-17-12-14-18(15-13-17)9-6-7-16-20-19-10-4-3-5-11-19/h3-5,10-11,14,17H,2,6-9,12-13,15-16H2,1H3. The zero-order valence-corrected chi connectivity index (χ0v) is 12.8. The Morgan fingerprint density at radius 3 is 2.70 bits per heavy atom. The third-order valence-corrected chi connectivity index (χ3v) is 4.21. The number of hydrogen-bond donors (Lipinski definition) is 0. The van der Waals surface area contributed by atoms with Gasteiger partial charge < -0.3 is 4.74 Å². The molecule has 1 nitrogen and oxygen atoms in total. The first-order chi connectivity index (χ1) is 9.88. The van der Waals surface area contributed by atoms with Gasteiger partial charge in [0.05, 0.1) is 6.61 Å². The predicted octanol–water partition coefficient (Wildman–Crippen LogP) is 5.76. The molecular weight excluding hydrogens is 244 g/mol. The van der Waals surface area contributed by atoms with E-state index in [9.17, 15) is 0 Å². The van der Waals surface area contributed by atoms with Crippen LogP contribution in [0, 0.1) is 5.92 Å². The maximum Gasteiger partial charge on any atom is 0.119 e. The Bertz CT molecular complexity index is 393. The lowest BCUT2D eigenvalue weighted by Crippen LogP contribution is -2.06. The topological polar surface area (TPSA) is 9.23 Å². The van der Waals surface area contributed by atoms with E-state index in [-0.39, 0.29) is 0 Å². The quantitative estimate of drug-likeness (QED) is 0.431. The van der Waals surface area contributed by atoms with Gasteiger partial charge in [-0.2, -0.15) is 0 Å². The zero-order valence-electron chi connectivity index (χ0n) is 12.8. The van der Waals surface area contributed by atoms with E-state index in [1.807, 2.05) is 30.3 Å². The second-order valence-corrected chi connectivity index (χ2v) is 5.91. The average molecular weight is 272 g/mol. The lowest BCUT2D eigenvalue weighted by atomic mass is 9.85. The minimum absolute atomic E-state index is 0.843. The molecule has 0 aromatic heterocycles. The van der Waals surface area contributed by atoms with Crippen LogP contribution in [0.4, 0.5) is 0 Å². The van der Waals surface area contributed by atoms with Crippen LogP contribution in [0.3, 0.4) is 0 Å². The summed E-state index contributed by atoms with van der Waals surface area (Å²) in [5.74, 6) is 1.96. The van der Waals surface area contributed by atoms with Crippen molar-refractivity contribution in [3.63, 3.8) is 0 Å². The van der Waals surface area contributed by atoms with Crippen LogP contribution in [0.1, 0.15) is 58.3 Å². The lowest BCUT2D eigenvalue weighted by Gasteiger charge is -2.21. The highest BCUT2D eigenvalue weighted by atomic mass is 16.5. The van der Waals surface area contributed by atoms with E-state index in [0.29, 0.717) is 0 Å². The van der Waals surface area contributed by atoms with Crippen molar-refractivity contribution in [2.75, 3.05) is 6.61 Å². The average Bonchev–Trinajstić information content (AvgIpc) is 2.50. The summed E-state index contributed by atoms with van der Waals surface area (Å²) in [5, 5.41) is 0. The summed E-state index contributed by atoms with van der Waals surface area (Å²) in [6.07, 6.45) is 13.0. The van der Waals surface area contributed by atoms with Crippen LogP contribution in [-0.4, -0.2) is 6.61 Å². The molecule has 20 heavy (non-hydrogen) atoms. The Morgan fingerprint density at radius 2 is 2.00 bits per heavy atom. The van der Waals surface area contributed by atoms with Crippen LogP contribution in [0.15, 0.2) is 42.0 Å². The van der Waals surface area contributed by atoms with Gasteiger partial charge in [0.1, 0.15) is 5.75 Å². The molecule has 0 amide bonds. The normalized spacial score (nSPS) is 18.6. The van der Waals surface area contributed by atoms with Crippen molar-refractivity contribution in [3.05, 3.63) is 42.0 Å². The second kappa shape index (κ2) is 8.84. The molecule has 2 rings (SSSR count). The summed E-state index contributed by atoms with van der Waals surface area (Å²) in [7, 11) is 0. The molecule has 1 unspecified atom stereocenters. The molecule has 0 bridgehead atoms. The van der Waals surface area contributed by atoms with Gasteiger partial charge in [-0.05, 0) is 56.6 Å². The molecule has 1 heteroatoms. The Morgan fingerprint density at radius 1 is 1.15 bits per heavy atom. The Labute approximate surface area is 124 Å². The van der Waals surface area contributed by atoms with Gasteiger partial charge in [0.25, 0.3) is 0 Å². The van der Waals surface area contributed by atoms with Crippen LogP contribution >= 0.6 is 0 Å². The van der Waals surface area contributed by atoms with Gasteiger partial charge in [0, 0.05) is 0 Å². The summed E-state index contributed by atoms with van der Waals surface area (Å²) in [5.41, 5.74) is 1.69. The van der Waals surface area contributed by atoms with Crippen LogP contribution in [-0.2, 0) is 0 Å². The molecule has 0 radical (unpaired) electrons. The molecule has 1 aromatic carbocycles. The minimum atomic E-state index is 0.843. The van der Waals surface area contributed by atoms with Crippen LogP contribution < -0.4 is 4.74 Å². The summed E-state index contributed by atoms with van der Waals surface area (Å²) in [6, 6.07) is 10.1. The van der Waals surface area contributed by atoms with Crippen molar-refractivity contribution in [2.24, 2.45) is 5.92 Å². The minimum Gasteiger partial charge on any atom is -0.494 e. The zero-order chi connectivity index (χ0) is 14.0. The molecule has 0 fully saturated rings. The smallest absolute Gasteiger partial charge is 0.119 e. The summed E-state index contributed by atoms with van der Waals surface area (Å²) < 4.78 is 5.72. The van der Waals surface area contributed by atoms with E-state index in [1.165, 1.54) is 44.9 Å². The van der Waals surface area contributed by atoms with E-state index in [1.54, 1.807) is 5.57 Å². The van der Waals surface area contributed by atoms with E-state index < -0.39 is 0 Å². The number of allylic oxidation sites excluding steroid dienone is 2. The van der Waals surface area contributed by atoms with E-state index >= 15 is 0 Å². The van der Waals surface area contributed by atoms with Crippen LogP contribution in [0.2, 0.25) is 0 Å². The van der Waals surface area contributed by atoms with Gasteiger partial charge >= 0.3 is 0 Å². The molecule has 0 saturated carbocycles. The third-order valence-electron chi connectivity index (χ3n) is 4.21. The van der Waals surface area contributed by atoms with Crippen molar-refractivity contribution in [2.45, 2.75) is 58.3 Å². The number of hydrogen-bond acceptors (Lipinski definition) is 1. The fourth-order valence-electron chi connectivity index (χ4n) is 3.00. The molecule has 0 aliphatic heterocycles. The fourth-order valence-corrected chi connectivity index (χ4v) is 3.00. The van der Waals surface area contributed by atoms with Crippen molar-refractivity contribution >= 4 is 0 Å². The SMILES string of the molecule is CCCC1CC=C(CCCCOc2ccccc2)CC1. The Kier molecular flexibility index (Phi) is 6.70. The molecule has 1 aromatic rings. The summed E-state index contributed by atoms with van der Waals surface area (Å²) in [4.78, 5) is 0. The number of benzene rings is 1. The molecular formula is C19H28O. The van der Waals surface area contributed by atoms with Gasteiger partial charge in [-0.25, -0.2) is 0 Å². The molecule has 110 valence electrons. The molecule has 1 aliphatic rings. The van der Waals surface area contributed by atoms with Crippen molar-refractivity contribution in [3.8, 4) is 5.75 Å². The molecule has 0 N–H and O–H groups in total. The highest BCUT2D eigenvalue weighted by Crippen LogP contribution is 2.29. The summed E-state index contributed by atoms with van der Waals surface area (Å²) in [6.45, 7) is 3.14. The first-order valence-electron chi connectivity index (χ1n) is 8.24. The number of ether oxygens (including phenoxy) is 1. The second-order valence-electron chi connectivity index (χ2n) is 5.91. The van der Waals surface area contributed by atoms with Gasteiger partial charge in [-0.3, -0.25) is 0 Å². The maximum absolute atomic E-state index is 5.72. The highest BCUT2D eigenvalue weighted by molar-refractivity contribution is 5.20. The largest absolute Gasteiger partial charge is 0.494 e. The van der Waals surface area contributed by atoms with Gasteiger partial charge in [-0.1, -0.05) is 49.6 Å². The molecule has 1 atom stereocenters. The molecule has 1 aliphatic carbocycles. The monoisotopic (exact) mass is 272 g/mol. The maximum atomic E-state index is 5.72. The number of para-hydroxylation sites is 1. The van der Waals surface area contributed by atoms with Crippen molar-refractivity contribution in [1.82, 2.24) is 0 Å². The van der Waals surface area contributed by atoms with Gasteiger partial charge in [0.15, 0.2) is 0 Å². The van der Waals surface area contributed by atoms with Gasteiger partial charge in [-0.15, -0.1) is 0 Å². The van der Waals surface area contributed by atoms with Crippen LogP contribution in [0.25, 0.3) is 0 Å². The van der Waals surface area contributed by atoms with Crippen molar-refractivity contribution < 1.29 is 4.74 Å². The molecule has 0 heterocycles. The number of rotatable bonds is 8. The van der Waals surface area contributed by atoms with E-state index in [2.05, 4.69) is 13.0 Å². The summed E-state index contributed by atoms with van der Waals surface area (Å²) >= 11 is 0. The fraction of sp³-hybridized carbons (Fsp3) is 0.579. The molecule has 0 saturated heterocycles. The van der Waals surface area contributed by atoms with Gasteiger partial charge in [0.2, 0.25) is 0 Å². The lowest BCUT2D eigenvalue weighted by molar-refractivity contribution is 0.306. The van der Waals surface area contributed by atoms with Crippen molar-refractivity contribution in [1.29, 1.82) is 0 Å². The molecule has 0 spiro atoms. The highest BCUT2D eigenvalue weighted by Gasteiger charge is 2.12. The third kappa shape index (κ3) is 5.40. The van der Waals surface area contributed by atoms with E-state index in [0.717, 1.165) is 24.7 Å². The number of unbranched alkanes of at least 4 members (excludes halogenated alkanes) is 1.